The Hall–Kier alpha value is -5.44. The van der Waals surface area contributed by atoms with Gasteiger partial charge in [0.1, 0.15) is 0 Å². The van der Waals surface area contributed by atoms with Crippen molar-refractivity contribution in [3.63, 3.8) is 0 Å². The van der Waals surface area contributed by atoms with Crippen LogP contribution in [0.1, 0.15) is 0 Å². The van der Waals surface area contributed by atoms with E-state index in [1.54, 1.807) is 0 Å². The van der Waals surface area contributed by atoms with Crippen LogP contribution < -0.4 is 4.90 Å². The SMILES string of the molecule is c1cc(-c2ccc3ccccc3c2)cc(N(c2ccc3c(ccc4ccccc43)c2)c2cccc3sc4ccccc4c23)c1. The van der Waals surface area contributed by atoms with Crippen molar-refractivity contribution in [1.29, 1.82) is 0 Å². The second-order valence-electron chi connectivity index (χ2n) is 11.4. The van der Waals surface area contributed by atoms with Gasteiger partial charge in [0.15, 0.2) is 0 Å². The maximum absolute atomic E-state index is 2.45. The Balaban J connectivity index is 1.29. The molecular formula is C42H27NS. The first-order chi connectivity index (χ1) is 21.8. The highest BCUT2D eigenvalue weighted by Crippen LogP contribution is 2.46. The van der Waals surface area contributed by atoms with Gasteiger partial charge in [-0.05, 0) is 92.0 Å². The summed E-state index contributed by atoms with van der Waals surface area (Å²) < 4.78 is 2.61. The van der Waals surface area contributed by atoms with Gasteiger partial charge >= 0.3 is 0 Å². The molecule has 0 unspecified atom stereocenters. The summed E-state index contributed by atoms with van der Waals surface area (Å²) in [5.41, 5.74) is 5.89. The summed E-state index contributed by atoms with van der Waals surface area (Å²) in [6.45, 7) is 0. The number of thiophene rings is 1. The van der Waals surface area contributed by atoms with Gasteiger partial charge in [0, 0.05) is 31.5 Å². The highest BCUT2D eigenvalue weighted by molar-refractivity contribution is 7.26. The lowest BCUT2D eigenvalue weighted by Gasteiger charge is -2.27. The van der Waals surface area contributed by atoms with Crippen LogP contribution in [0.5, 0.6) is 0 Å². The monoisotopic (exact) mass is 577 g/mol. The van der Waals surface area contributed by atoms with E-state index in [9.17, 15) is 0 Å². The molecule has 1 heterocycles. The first kappa shape index (κ1) is 25.1. The zero-order chi connectivity index (χ0) is 29.0. The maximum atomic E-state index is 2.45. The molecular weight excluding hydrogens is 551 g/mol. The van der Waals surface area contributed by atoms with E-state index in [-0.39, 0.29) is 0 Å². The van der Waals surface area contributed by atoms with E-state index < -0.39 is 0 Å². The van der Waals surface area contributed by atoms with Crippen molar-refractivity contribution in [2.75, 3.05) is 4.90 Å². The average molecular weight is 578 g/mol. The Morgan fingerprint density at radius 3 is 1.95 bits per heavy atom. The van der Waals surface area contributed by atoms with Crippen molar-refractivity contribution in [2.45, 2.75) is 0 Å². The van der Waals surface area contributed by atoms with Crippen LogP contribution in [0.4, 0.5) is 17.1 Å². The Morgan fingerprint density at radius 2 is 1.02 bits per heavy atom. The van der Waals surface area contributed by atoms with E-state index in [1.807, 2.05) is 11.3 Å². The predicted molar refractivity (Wildman–Crippen MR) is 192 cm³/mol. The first-order valence-electron chi connectivity index (χ1n) is 15.0. The van der Waals surface area contributed by atoms with Crippen LogP contribution in [-0.4, -0.2) is 0 Å². The Bertz CT molecular complexity index is 2520. The molecule has 0 fully saturated rings. The summed E-state index contributed by atoms with van der Waals surface area (Å²) in [6, 6.07) is 59.9. The van der Waals surface area contributed by atoms with Crippen LogP contribution in [0.3, 0.4) is 0 Å². The number of anilines is 3. The van der Waals surface area contributed by atoms with E-state index in [0.717, 1.165) is 11.4 Å². The first-order valence-corrected chi connectivity index (χ1v) is 15.8. The summed E-state index contributed by atoms with van der Waals surface area (Å²) >= 11 is 1.86. The molecule has 206 valence electrons. The molecule has 9 rings (SSSR count). The topological polar surface area (TPSA) is 3.24 Å². The molecule has 8 aromatic carbocycles. The molecule has 0 saturated carbocycles. The predicted octanol–water partition coefficient (Wildman–Crippen LogP) is 12.7. The summed E-state index contributed by atoms with van der Waals surface area (Å²) in [7, 11) is 0. The van der Waals surface area contributed by atoms with Crippen molar-refractivity contribution in [1.82, 2.24) is 0 Å². The van der Waals surface area contributed by atoms with Crippen LogP contribution in [0, 0.1) is 0 Å². The molecule has 1 nitrogen and oxygen atoms in total. The molecule has 0 atom stereocenters. The normalized spacial score (nSPS) is 11.6. The van der Waals surface area contributed by atoms with Crippen LogP contribution in [0.25, 0.3) is 63.6 Å². The largest absolute Gasteiger partial charge is 0.310 e. The van der Waals surface area contributed by atoms with Gasteiger partial charge in [0.25, 0.3) is 0 Å². The highest BCUT2D eigenvalue weighted by Gasteiger charge is 2.19. The fourth-order valence-electron chi connectivity index (χ4n) is 6.70. The molecule has 1 aromatic heterocycles. The Kier molecular flexibility index (Phi) is 5.75. The molecule has 44 heavy (non-hydrogen) atoms. The van der Waals surface area contributed by atoms with E-state index in [4.69, 9.17) is 0 Å². The van der Waals surface area contributed by atoms with Gasteiger partial charge in [0.2, 0.25) is 0 Å². The molecule has 0 N–H and O–H groups in total. The number of fused-ring (bicyclic) bond motifs is 7. The fraction of sp³-hybridized carbons (Fsp3) is 0. The fourth-order valence-corrected chi connectivity index (χ4v) is 7.83. The van der Waals surface area contributed by atoms with E-state index in [1.165, 1.54) is 69.3 Å². The average Bonchev–Trinajstić information content (AvgIpc) is 3.48. The molecule has 0 saturated heterocycles. The Labute approximate surface area is 259 Å². The van der Waals surface area contributed by atoms with E-state index in [0.29, 0.717) is 0 Å². The van der Waals surface area contributed by atoms with Gasteiger partial charge in [0.05, 0.1) is 5.69 Å². The van der Waals surface area contributed by atoms with E-state index >= 15 is 0 Å². The molecule has 2 heteroatoms. The minimum atomic E-state index is 1.14. The standard InChI is InChI=1S/C42H27NS/c1-2-11-30-25-32(21-19-28(30)9-1)31-12-7-13-34(26-31)43(39-16-8-18-41-42(39)38-15-5-6-17-40(38)44-41)35-23-24-37-33(27-35)22-20-29-10-3-4-14-36(29)37/h1-27H. The zero-order valence-corrected chi connectivity index (χ0v) is 24.8. The number of hydrogen-bond donors (Lipinski definition) is 0. The molecule has 0 radical (unpaired) electrons. The van der Waals surface area contributed by atoms with Gasteiger partial charge in [-0.1, -0.05) is 115 Å². The van der Waals surface area contributed by atoms with Gasteiger partial charge < -0.3 is 4.90 Å². The third-order valence-corrected chi connectivity index (χ3v) is 9.93. The lowest BCUT2D eigenvalue weighted by Crippen LogP contribution is -2.10. The van der Waals surface area contributed by atoms with Crippen LogP contribution in [0.15, 0.2) is 164 Å². The molecule has 9 aromatic rings. The van der Waals surface area contributed by atoms with Crippen LogP contribution >= 0.6 is 11.3 Å². The number of nitrogens with zero attached hydrogens (tertiary/aromatic N) is 1. The lowest BCUT2D eigenvalue weighted by atomic mass is 9.99. The zero-order valence-electron chi connectivity index (χ0n) is 23.9. The van der Waals surface area contributed by atoms with Gasteiger partial charge in [-0.15, -0.1) is 11.3 Å². The summed E-state index contributed by atoms with van der Waals surface area (Å²) in [6.07, 6.45) is 0. The molecule has 0 amide bonds. The maximum Gasteiger partial charge on any atom is 0.0554 e. The summed E-state index contributed by atoms with van der Waals surface area (Å²) in [5.74, 6) is 0. The smallest absolute Gasteiger partial charge is 0.0554 e. The Morgan fingerprint density at radius 1 is 0.364 bits per heavy atom. The molecule has 0 aliphatic carbocycles. The lowest BCUT2D eigenvalue weighted by molar-refractivity contribution is 1.31. The number of hydrogen-bond acceptors (Lipinski definition) is 2. The van der Waals surface area contributed by atoms with Gasteiger partial charge in [-0.3, -0.25) is 0 Å². The van der Waals surface area contributed by atoms with Crippen molar-refractivity contribution in [3.05, 3.63) is 164 Å². The van der Waals surface area contributed by atoms with Crippen LogP contribution in [-0.2, 0) is 0 Å². The van der Waals surface area contributed by atoms with Gasteiger partial charge in [-0.25, -0.2) is 0 Å². The number of benzene rings is 8. The van der Waals surface area contributed by atoms with Crippen molar-refractivity contribution < 1.29 is 0 Å². The molecule has 0 aliphatic rings. The minimum absolute atomic E-state index is 1.14. The quantitative estimate of drug-likeness (QED) is 0.188. The van der Waals surface area contributed by atoms with E-state index in [2.05, 4.69) is 169 Å². The van der Waals surface area contributed by atoms with Crippen molar-refractivity contribution >= 4 is 80.9 Å². The third-order valence-electron chi connectivity index (χ3n) is 8.80. The van der Waals surface area contributed by atoms with Gasteiger partial charge in [-0.2, -0.15) is 0 Å². The minimum Gasteiger partial charge on any atom is -0.310 e. The highest BCUT2D eigenvalue weighted by atomic mass is 32.1. The molecule has 0 spiro atoms. The number of rotatable bonds is 4. The third kappa shape index (κ3) is 4.07. The van der Waals surface area contributed by atoms with Crippen molar-refractivity contribution in [3.8, 4) is 11.1 Å². The second-order valence-corrected chi connectivity index (χ2v) is 12.5. The van der Waals surface area contributed by atoms with Crippen molar-refractivity contribution in [2.24, 2.45) is 0 Å². The molecule has 0 aliphatic heterocycles. The summed E-state index contributed by atoms with van der Waals surface area (Å²) in [4.78, 5) is 2.45. The molecule has 0 bridgehead atoms. The second kappa shape index (κ2) is 10.1. The summed E-state index contributed by atoms with van der Waals surface area (Å²) in [5, 5.41) is 10.2. The van der Waals surface area contributed by atoms with Crippen LogP contribution in [0.2, 0.25) is 0 Å².